The van der Waals surface area contributed by atoms with Crippen molar-refractivity contribution in [3.8, 4) is 5.69 Å². The van der Waals surface area contributed by atoms with Crippen molar-refractivity contribution in [2.75, 3.05) is 5.32 Å². The third-order valence-electron chi connectivity index (χ3n) is 3.44. The highest BCUT2D eigenvalue weighted by Gasteiger charge is 2.14. The number of amides is 1. The van der Waals surface area contributed by atoms with Gasteiger partial charge in [-0.3, -0.25) is 9.59 Å². The molecule has 0 spiro atoms. The second kappa shape index (κ2) is 6.68. The number of halogens is 1. The van der Waals surface area contributed by atoms with Crippen LogP contribution in [0.1, 0.15) is 16.1 Å². The highest BCUT2D eigenvalue weighted by Crippen LogP contribution is 2.20. The van der Waals surface area contributed by atoms with Crippen LogP contribution < -0.4 is 10.7 Å². The molecule has 0 atom stereocenters. The monoisotopic (exact) mass is 339 g/mol. The summed E-state index contributed by atoms with van der Waals surface area (Å²) in [5.74, 6) is -0.602. The number of carbonyl (C=O) groups excluding carboxylic acids is 1. The molecule has 1 aromatic heterocycles. The molecular formula is C18H14ClN3O2. The number of hydrogen-bond donors (Lipinski definition) is 1. The third kappa shape index (κ3) is 3.36. The molecule has 3 rings (SSSR count). The first-order chi connectivity index (χ1) is 11.5. The van der Waals surface area contributed by atoms with Gasteiger partial charge in [0.1, 0.15) is 0 Å². The maximum Gasteiger partial charge on any atom is 0.280 e. The van der Waals surface area contributed by atoms with Gasteiger partial charge in [0.2, 0.25) is 5.43 Å². The van der Waals surface area contributed by atoms with E-state index in [9.17, 15) is 9.59 Å². The van der Waals surface area contributed by atoms with Gasteiger partial charge < -0.3 is 5.32 Å². The van der Waals surface area contributed by atoms with E-state index in [4.69, 9.17) is 11.6 Å². The molecule has 1 amide bonds. The normalized spacial score (nSPS) is 10.4. The summed E-state index contributed by atoms with van der Waals surface area (Å²) in [7, 11) is 0. The molecule has 2 aromatic carbocycles. The molecule has 0 aliphatic rings. The van der Waals surface area contributed by atoms with Crippen molar-refractivity contribution < 1.29 is 4.79 Å². The van der Waals surface area contributed by atoms with E-state index >= 15 is 0 Å². The van der Waals surface area contributed by atoms with Gasteiger partial charge in [0, 0.05) is 12.3 Å². The smallest absolute Gasteiger partial charge is 0.280 e. The summed E-state index contributed by atoms with van der Waals surface area (Å²) in [6.45, 7) is 1.98. The zero-order valence-electron chi connectivity index (χ0n) is 12.9. The Bertz CT molecular complexity index is 949. The van der Waals surface area contributed by atoms with E-state index in [0.717, 1.165) is 11.3 Å². The van der Waals surface area contributed by atoms with Crippen molar-refractivity contribution in [2.24, 2.45) is 0 Å². The highest BCUT2D eigenvalue weighted by atomic mass is 35.5. The average molecular weight is 340 g/mol. The van der Waals surface area contributed by atoms with E-state index in [1.165, 1.54) is 16.9 Å². The van der Waals surface area contributed by atoms with Gasteiger partial charge in [0.15, 0.2) is 5.69 Å². The Morgan fingerprint density at radius 1 is 1.08 bits per heavy atom. The highest BCUT2D eigenvalue weighted by molar-refractivity contribution is 6.33. The van der Waals surface area contributed by atoms with E-state index in [2.05, 4.69) is 10.4 Å². The van der Waals surface area contributed by atoms with Crippen molar-refractivity contribution in [1.82, 2.24) is 9.78 Å². The number of anilines is 1. The predicted octanol–water partition coefficient (Wildman–Crippen LogP) is 3.45. The lowest BCUT2D eigenvalue weighted by Crippen LogP contribution is -2.25. The number of carbonyl (C=O) groups is 1. The number of rotatable bonds is 3. The Morgan fingerprint density at radius 3 is 2.50 bits per heavy atom. The predicted molar refractivity (Wildman–Crippen MR) is 94.0 cm³/mol. The van der Waals surface area contributed by atoms with Crippen LogP contribution in [0.3, 0.4) is 0 Å². The molecule has 5 nitrogen and oxygen atoms in total. The quantitative estimate of drug-likeness (QED) is 0.795. The first-order valence-corrected chi connectivity index (χ1v) is 7.65. The van der Waals surface area contributed by atoms with Gasteiger partial charge in [0.25, 0.3) is 5.91 Å². The van der Waals surface area contributed by atoms with Crippen LogP contribution in [0.15, 0.2) is 65.6 Å². The van der Waals surface area contributed by atoms with Crippen molar-refractivity contribution in [3.05, 3.63) is 87.3 Å². The van der Waals surface area contributed by atoms with Crippen molar-refractivity contribution >= 4 is 23.2 Å². The van der Waals surface area contributed by atoms with E-state index in [1.807, 2.05) is 31.2 Å². The van der Waals surface area contributed by atoms with Crippen LogP contribution in [-0.4, -0.2) is 15.7 Å². The Kier molecular flexibility index (Phi) is 4.44. The van der Waals surface area contributed by atoms with Gasteiger partial charge in [-0.15, -0.1) is 0 Å². The van der Waals surface area contributed by atoms with Gasteiger partial charge in [-0.1, -0.05) is 41.4 Å². The van der Waals surface area contributed by atoms with Crippen molar-refractivity contribution in [1.29, 1.82) is 0 Å². The molecule has 0 fully saturated rings. The number of aryl methyl sites for hydroxylation is 1. The number of para-hydroxylation sites is 1. The van der Waals surface area contributed by atoms with Crippen LogP contribution in [-0.2, 0) is 0 Å². The molecule has 120 valence electrons. The molecule has 24 heavy (non-hydrogen) atoms. The molecule has 1 N–H and O–H groups in total. The fourth-order valence-electron chi connectivity index (χ4n) is 2.15. The van der Waals surface area contributed by atoms with Crippen LogP contribution in [0.5, 0.6) is 0 Å². The molecule has 6 heteroatoms. The molecule has 0 aliphatic heterocycles. The number of nitrogens with one attached hydrogen (secondary N) is 1. The molecule has 0 radical (unpaired) electrons. The first-order valence-electron chi connectivity index (χ1n) is 7.27. The fraction of sp³-hybridized carbons (Fsp3) is 0.0556. The molecule has 0 saturated heterocycles. The SMILES string of the molecule is Cc1ccc(-n2ccc(=O)c(C(=O)Nc3ccccc3Cl)n2)cc1. The maximum absolute atomic E-state index is 12.4. The Labute approximate surface area is 143 Å². The summed E-state index contributed by atoms with van der Waals surface area (Å²) in [5, 5.41) is 7.14. The minimum Gasteiger partial charge on any atom is -0.319 e. The number of nitrogens with zero attached hydrogens (tertiary/aromatic N) is 2. The van der Waals surface area contributed by atoms with E-state index in [0.29, 0.717) is 10.7 Å². The van der Waals surface area contributed by atoms with E-state index < -0.39 is 11.3 Å². The van der Waals surface area contributed by atoms with Crippen molar-refractivity contribution in [3.63, 3.8) is 0 Å². The lowest BCUT2D eigenvalue weighted by Gasteiger charge is -2.09. The molecule has 0 unspecified atom stereocenters. The molecule has 0 bridgehead atoms. The van der Waals surface area contributed by atoms with Crippen LogP contribution in [0.25, 0.3) is 5.69 Å². The minimum atomic E-state index is -0.602. The number of aromatic nitrogens is 2. The Hall–Kier alpha value is -2.92. The molecule has 3 aromatic rings. The molecule has 1 heterocycles. The zero-order chi connectivity index (χ0) is 17.1. The number of benzene rings is 2. The van der Waals surface area contributed by atoms with Crippen molar-refractivity contribution in [2.45, 2.75) is 6.92 Å². The van der Waals surface area contributed by atoms with Gasteiger partial charge in [-0.05, 0) is 31.2 Å². The first kappa shape index (κ1) is 16.0. The summed E-state index contributed by atoms with van der Waals surface area (Å²) in [4.78, 5) is 24.4. The lowest BCUT2D eigenvalue weighted by molar-refractivity contribution is 0.101. The minimum absolute atomic E-state index is 0.196. The van der Waals surface area contributed by atoms with Gasteiger partial charge >= 0.3 is 0 Å². The van der Waals surface area contributed by atoms with Gasteiger partial charge in [-0.2, -0.15) is 5.10 Å². The Balaban J connectivity index is 1.94. The number of hydrogen-bond acceptors (Lipinski definition) is 3. The zero-order valence-corrected chi connectivity index (χ0v) is 13.6. The molecular weight excluding hydrogens is 326 g/mol. The topological polar surface area (TPSA) is 64.0 Å². The molecule has 0 aliphatic carbocycles. The summed E-state index contributed by atoms with van der Waals surface area (Å²) in [6, 6.07) is 15.7. The summed E-state index contributed by atoms with van der Waals surface area (Å²) in [6.07, 6.45) is 1.53. The van der Waals surface area contributed by atoms with E-state index in [-0.39, 0.29) is 5.69 Å². The maximum atomic E-state index is 12.4. The summed E-state index contributed by atoms with van der Waals surface area (Å²) in [5.41, 5.74) is 1.64. The third-order valence-corrected chi connectivity index (χ3v) is 3.77. The van der Waals surface area contributed by atoms with Crippen LogP contribution in [0, 0.1) is 6.92 Å². The lowest BCUT2D eigenvalue weighted by atomic mass is 10.2. The fourth-order valence-corrected chi connectivity index (χ4v) is 2.33. The average Bonchev–Trinajstić information content (AvgIpc) is 2.58. The summed E-state index contributed by atoms with van der Waals surface area (Å²) >= 11 is 6.02. The van der Waals surface area contributed by atoms with E-state index in [1.54, 1.807) is 24.3 Å². The summed E-state index contributed by atoms with van der Waals surface area (Å²) < 4.78 is 1.49. The molecule has 0 saturated carbocycles. The van der Waals surface area contributed by atoms with Crippen LogP contribution in [0.2, 0.25) is 5.02 Å². The largest absolute Gasteiger partial charge is 0.319 e. The standard InChI is InChI=1S/C18H14ClN3O2/c1-12-6-8-13(9-7-12)22-11-10-16(23)17(21-22)18(24)20-15-5-3-2-4-14(15)19/h2-11H,1H3,(H,20,24). The second-order valence-corrected chi connectivity index (χ2v) is 5.65. The van der Waals surface area contributed by atoms with Crippen LogP contribution in [0.4, 0.5) is 5.69 Å². The second-order valence-electron chi connectivity index (χ2n) is 5.24. The van der Waals surface area contributed by atoms with Gasteiger partial charge in [-0.25, -0.2) is 4.68 Å². The van der Waals surface area contributed by atoms with Crippen LogP contribution >= 0.6 is 11.6 Å². The Morgan fingerprint density at radius 2 is 1.79 bits per heavy atom. The van der Waals surface area contributed by atoms with Gasteiger partial charge in [0.05, 0.1) is 16.4 Å².